The Balaban J connectivity index is 2.01. The fourth-order valence-electron chi connectivity index (χ4n) is 2.08. The maximum atomic E-state index is 13.1. The van der Waals surface area contributed by atoms with Gasteiger partial charge in [-0.05, 0) is 20.8 Å². The minimum Gasteiger partial charge on any atom is -0.444 e. The normalized spacial score (nSPS) is 11.2. The Kier molecular flexibility index (Phi) is 10.8. The van der Waals surface area contributed by atoms with E-state index in [4.69, 9.17) is 14.2 Å². The first-order chi connectivity index (χ1) is 14.1. The third kappa shape index (κ3) is 11.3. The van der Waals surface area contributed by atoms with Crippen LogP contribution in [0, 0.1) is 5.82 Å². The topological polar surface area (TPSA) is 141 Å². The summed E-state index contributed by atoms with van der Waals surface area (Å²) in [6.45, 7) is 7.04. The lowest BCUT2D eigenvalue weighted by Crippen LogP contribution is -2.34. The number of aromatic nitrogens is 2. The molecule has 0 unspecified atom stereocenters. The largest absolute Gasteiger partial charge is 0.444 e. The predicted octanol–water partition coefficient (Wildman–Crippen LogP) is -0.260. The number of hydrogen-bond acceptors (Lipinski definition) is 7. The highest BCUT2D eigenvalue weighted by Crippen LogP contribution is 2.05. The second-order valence-electron chi connectivity index (χ2n) is 7.18. The highest BCUT2D eigenvalue weighted by molar-refractivity contribution is 5.75. The molecule has 0 radical (unpaired) electrons. The second-order valence-corrected chi connectivity index (χ2v) is 7.18. The molecular weight excluding hydrogens is 403 g/mol. The van der Waals surface area contributed by atoms with Crippen molar-refractivity contribution in [2.24, 2.45) is 0 Å². The average Bonchev–Trinajstić information content (AvgIpc) is 2.63. The van der Waals surface area contributed by atoms with E-state index in [0.717, 1.165) is 10.8 Å². The van der Waals surface area contributed by atoms with Gasteiger partial charge in [-0.1, -0.05) is 0 Å². The van der Waals surface area contributed by atoms with Crippen LogP contribution in [0.2, 0.25) is 0 Å². The number of nitrogens with zero attached hydrogens (tertiary/aromatic N) is 1. The fourth-order valence-corrected chi connectivity index (χ4v) is 2.08. The van der Waals surface area contributed by atoms with Crippen molar-refractivity contribution in [2.45, 2.75) is 39.3 Å². The van der Waals surface area contributed by atoms with Crippen LogP contribution in [-0.4, -0.2) is 66.7 Å². The highest BCUT2D eigenvalue weighted by Gasteiger charge is 2.15. The van der Waals surface area contributed by atoms with Gasteiger partial charge in [-0.25, -0.2) is 9.59 Å². The number of ether oxygens (including phenoxy) is 3. The number of alkyl carbamates (subject to hydrolysis) is 1. The molecule has 170 valence electrons. The summed E-state index contributed by atoms with van der Waals surface area (Å²) in [5.41, 5.74) is -2.42. The van der Waals surface area contributed by atoms with E-state index in [2.05, 4.69) is 10.6 Å². The van der Waals surface area contributed by atoms with Gasteiger partial charge in [-0.3, -0.25) is 19.1 Å². The van der Waals surface area contributed by atoms with Crippen molar-refractivity contribution in [3.63, 3.8) is 0 Å². The lowest BCUT2D eigenvalue weighted by molar-refractivity contribution is -0.121. The van der Waals surface area contributed by atoms with Crippen LogP contribution in [0.15, 0.2) is 15.8 Å². The number of hydrogen-bond donors (Lipinski definition) is 3. The van der Waals surface area contributed by atoms with Crippen LogP contribution < -0.4 is 21.9 Å². The Morgan fingerprint density at radius 2 is 1.67 bits per heavy atom. The van der Waals surface area contributed by atoms with Crippen molar-refractivity contribution in [2.75, 3.05) is 39.5 Å². The van der Waals surface area contributed by atoms with Gasteiger partial charge in [-0.2, -0.15) is 4.39 Å². The van der Waals surface area contributed by atoms with Crippen LogP contribution in [-0.2, 0) is 25.5 Å². The Labute approximate surface area is 172 Å². The van der Waals surface area contributed by atoms with Gasteiger partial charge in [0.15, 0.2) is 0 Å². The number of amides is 2. The number of carbonyl (C=O) groups is 2. The summed E-state index contributed by atoms with van der Waals surface area (Å²) in [7, 11) is 0. The van der Waals surface area contributed by atoms with Crippen molar-refractivity contribution in [1.82, 2.24) is 20.2 Å². The van der Waals surface area contributed by atoms with E-state index in [0.29, 0.717) is 26.4 Å². The number of aromatic amines is 1. The van der Waals surface area contributed by atoms with E-state index in [9.17, 15) is 23.6 Å². The van der Waals surface area contributed by atoms with Crippen molar-refractivity contribution in [3.8, 4) is 0 Å². The summed E-state index contributed by atoms with van der Waals surface area (Å²) in [6.07, 6.45) is 0.202. The molecule has 1 aromatic heterocycles. The summed E-state index contributed by atoms with van der Waals surface area (Å²) in [6, 6.07) is 0. The van der Waals surface area contributed by atoms with Gasteiger partial charge in [0.2, 0.25) is 11.7 Å². The summed E-state index contributed by atoms with van der Waals surface area (Å²) >= 11 is 0. The number of nitrogens with one attached hydrogen (secondary N) is 3. The molecule has 0 aromatic carbocycles. The Hall–Kier alpha value is -2.73. The number of aryl methyl sites for hydroxylation is 1. The smallest absolute Gasteiger partial charge is 0.407 e. The van der Waals surface area contributed by atoms with Gasteiger partial charge < -0.3 is 24.8 Å². The molecule has 0 aliphatic heterocycles. The van der Waals surface area contributed by atoms with E-state index >= 15 is 0 Å². The molecule has 0 saturated carbocycles. The Morgan fingerprint density at radius 1 is 1.07 bits per heavy atom. The third-order valence-corrected chi connectivity index (χ3v) is 3.40. The van der Waals surface area contributed by atoms with E-state index in [1.54, 1.807) is 20.8 Å². The third-order valence-electron chi connectivity index (χ3n) is 3.40. The molecule has 0 atom stereocenters. The molecule has 2 amide bonds. The summed E-state index contributed by atoms with van der Waals surface area (Å²) in [4.78, 5) is 47.3. The number of H-pyrrole nitrogens is 1. The van der Waals surface area contributed by atoms with Crippen LogP contribution in [0.25, 0.3) is 0 Å². The average molecular weight is 432 g/mol. The quantitative estimate of drug-likeness (QED) is 0.387. The molecule has 3 N–H and O–H groups in total. The molecule has 0 saturated heterocycles. The monoisotopic (exact) mass is 432 g/mol. The molecule has 12 heteroatoms. The fraction of sp³-hybridized carbons (Fsp3) is 0.667. The van der Waals surface area contributed by atoms with Crippen LogP contribution in [0.4, 0.5) is 9.18 Å². The SMILES string of the molecule is CC(C)(C)OC(=O)NCCOCCOCCNC(=O)CCn1cc(F)c(=O)[nH]c1=O. The standard InChI is InChI=1S/C18H29FN4O7/c1-18(2,3)30-17(27)21-6-9-29-11-10-28-8-5-20-14(24)4-7-23-12-13(19)15(25)22-16(23)26/h12H,4-11H2,1-3H3,(H,20,24)(H,21,27)(H,22,25,26). The molecule has 1 aromatic rings. The lowest BCUT2D eigenvalue weighted by atomic mass is 10.2. The molecule has 11 nitrogen and oxygen atoms in total. The molecule has 0 bridgehead atoms. The molecule has 0 spiro atoms. The molecular formula is C18H29FN4O7. The van der Waals surface area contributed by atoms with Crippen LogP contribution in [0.1, 0.15) is 27.2 Å². The summed E-state index contributed by atoms with van der Waals surface area (Å²) < 4.78 is 29.7. The van der Waals surface area contributed by atoms with Crippen LogP contribution >= 0.6 is 0 Å². The molecule has 1 rings (SSSR count). The highest BCUT2D eigenvalue weighted by atomic mass is 19.1. The minimum absolute atomic E-state index is 0.0564. The van der Waals surface area contributed by atoms with E-state index < -0.39 is 28.8 Å². The maximum absolute atomic E-state index is 13.1. The van der Waals surface area contributed by atoms with Gasteiger partial charge >= 0.3 is 11.8 Å². The molecule has 0 aliphatic carbocycles. The van der Waals surface area contributed by atoms with E-state index in [1.807, 2.05) is 4.98 Å². The molecule has 1 heterocycles. The summed E-state index contributed by atoms with van der Waals surface area (Å²) in [5.74, 6) is -1.44. The Bertz CT molecular complexity index is 801. The Morgan fingerprint density at radius 3 is 2.27 bits per heavy atom. The number of carbonyl (C=O) groups excluding carboxylic acids is 2. The van der Waals surface area contributed by atoms with E-state index in [1.165, 1.54) is 0 Å². The summed E-state index contributed by atoms with van der Waals surface area (Å²) in [5, 5.41) is 5.16. The van der Waals surface area contributed by atoms with Gasteiger partial charge in [0, 0.05) is 26.1 Å². The van der Waals surface area contributed by atoms with Crippen molar-refractivity contribution >= 4 is 12.0 Å². The van der Waals surface area contributed by atoms with Gasteiger partial charge in [0.1, 0.15) is 5.60 Å². The van der Waals surface area contributed by atoms with Crippen molar-refractivity contribution in [1.29, 1.82) is 0 Å². The van der Waals surface area contributed by atoms with Crippen molar-refractivity contribution < 1.29 is 28.2 Å². The molecule has 0 fully saturated rings. The molecule has 30 heavy (non-hydrogen) atoms. The molecule has 0 aliphatic rings. The van der Waals surface area contributed by atoms with E-state index in [-0.39, 0.29) is 32.0 Å². The number of rotatable bonds is 12. The van der Waals surface area contributed by atoms with Gasteiger partial charge in [0.25, 0.3) is 5.56 Å². The predicted molar refractivity (Wildman–Crippen MR) is 105 cm³/mol. The van der Waals surface area contributed by atoms with Crippen molar-refractivity contribution in [3.05, 3.63) is 32.9 Å². The zero-order valence-corrected chi connectivity index (χ0v) is 17.4. The first kappa shape index (κ1) is 25.3. The van der Waals surface area contributed by atoms with Crippen LogP contribution in [0.5, 0.6) is 0 Å². The maximum Gasteiger partial charge on any atom is 0.407 e. The van der Waals surface area contributed by atoms with Crippen LogP contribution in [0.3, 0.4) is 0 Å². The minimum atomic E-state index is -1.10. The van der Waals surface area contributed by atoms with Gasteiger partial charge in [-0.15, -0.1) is 0 Å². The first-order valence-electron chi connectivity index (χ1n) is 9.47. The zero-order chi connectivity index (χ0) is 22.6. The second kappa shape index (κ2) is 12.8. The lowest BCUT2D eigenvalue weighted by Gasteiger charge is -2.19. The zero-order valence-electron chi connectivity index (χ0n) is 17.4. The van der Waals surface area contributed by atoms with Gasteiger partial charge in [0.05, 0.1) is 32.6 Å². The number of halogens is 1. The first-order valence-corrected chi connectivity index (χ1v) is 9.47.